The first-order chi connectivity index (χ1) is 29.7. The number of likely N-dealkylation sites (tertiary alicyclic amines) is 1. The molecule has 0 bridgehead atoms. The number of hydrogen-bond donors (Lipinski definition) is 4. The second kappa shape index (κ2) is 20.2. The molecule has 4 atom stereocenters. The van der Waals surface area contributed by atoms with E-state index in [0.29, 0.717) is 52.7 Å². The molecular formula is C48H59ClN6O8. The largest absolute Gasteiger partial charge is 0.494 e. The Morgan fingerprint density at radius 3 is 2.14 bits per heavy atom. The number of nitrogens with zero attached hydrogens (tertiary/aromatic N) is 3. The average Bonchev–Trinajstić information content (AvgIpc) is 3.64. The van der Waals surface area contributed by atoms with E-state index in [-0.39, 0.29) is 44.2 Å². The molecule has 1 heterocycles. The van der Waals surface area contributed by atoms with E-state index in [0.717, 1.165) is 5.56 Å². The van der Waals surface area contributed by atoms with Crippen molar-refractivity contribution >= 4 is 35.2 Å². The van der Waals surface area contributed by atoms with Crippen molar-refractivity contribution in [3.05, 3.63) is 94.0 Å². The zero-order chi connectivity index (χ0) is 46.3. The van der Waals surface area contributed by atoms with Crippen molar-refractivity contribution in [2.24, 2.45) is 16.2 Å². The smallest absolute Gasteiger partial charge is 0.251 e. The van der Waals surface area contributed by atoms with Gasteiger partial charge in [0.15, 0.2) is 0 Å². The van der Waals surface area contributed by atoms with Gasteiger partial charge in [-0.2, -0.15) is 10.5 Å². The standard InChI is InChI=1S/C48H59ClN6O8/c1-29(31-13-11-30(25-50)12-14-31)52-42(59)38-23-34(56)27-55(38)43(60)40(46(2,3)4)53-39(57)28-61-21-9-10-22-62-35-18-15-32(16-19-35)41(58)54-44-47(5,6)45(48(44,7)8)63-36-20-17-33(26-51)37(49)24-36/h11-20,24,29,34,38,40,44-45,56H,9-10,21-23,27-28H2,1-8H3,(H,52,59)(H,53,57)(H,54,58)/t29-,34+,38-,40?,44?,45?/m0/s1. The number of carbonyl (C=O) groups is 4. The molecular weight excluding hydrogens is 824 g/mol. The fourth-order valence-corrected chi connectivity index (χ4v) is 8.95. The van der Waals surface area contributed by atoms with Gasteiger partial charge in [-0.05, 0) is 79.3 Å². The number of nitriles is 2. The molecule has 1 unspecified atom stereocenters. The van der Waals surface area contributed by atoms with Crippen LogP contribution in [0.5, 0.6) is 11.5 Å². The molecule has 3 aromatic rings. The van der Waals surface area contributed by atoms with Crippen molar-refractivity contribution in [3.63, 3.8) is 0 Å². The van der Waals surface area contributed by atoms with Crippen LogP contribution < -0.4 is 25.4 Å². The minimum Gasteiger partial charge on any atom is -0.494 e. The van der Waals surface area contributed by atoms with E-state index in [1.165, 1.54) is 4.90 Å². The molecule has 1 aliphatic heterocycles. The van der Waals surface area contributed by atoms with Crippen LogP contribution in [0.3, 0.4) is 0 Å². The molecule has 336 valence electrons. The number of aliphatic hydroxyl groups excluding tert-OH is 1. The Morgan fingerprint density at radius 2 is 1.54 bits per heavy atom. The van der Waals surface area contributed by atoms with E-state index < -0.39 is 58.2 Å². The Kier molecular flexibility index (Phi) is 15.5. The molecule has 3 aromatic carbocycles. The van der Waals surface area contributed by atoms with Gasteiger partial charge < -0.3 is 40.2 Å². The van der Waals surface area contributed by atoms with Crippen LogP contribution in [0, 0.1) is 38.9 Å². The second-order valence-electron chi connectivity index (χ2n) is 18.7. The van der Waals surface area contributed by atoms with Crippen LogP contribution in [0.25, 0.3) is 0 Å². The molecule has 0 spiro atoms. The number of hydrogen-bond acceptors (Lipinski definition) is 10. The van der Waals surface area contributed by atoms with E-state index in [1.54, 1.807) is 73.7 Å². The zero-order valence-corrected chi connectivity index (χ0v) is 38.0. The maximum atomic E-state index is 13.9. The average molecular weight is 883 g/mol. The first-order valence-corrected chi connectivity index (χ1v) is 21.6. The van der Waals surface area contributed by atoms with Gasteiger partial charge in [0.25, 0.3) is 5.91 Å². The van der Waals surface area contributed by atoms with Crippen LogP contribution in [-0.2, 0) is 19.1 Å². The molecule has 0 aromatic heterocycles. The number of halogens is 1. The highest BCUT2D eigenvalue weighted by molar-refractivity contribution is 6.31. The van der Waals surface area contributed by atoms with Gasteiger partial charge in [0, 0.05) is 48.1 Å². The lowest BCUT2D eigenvalue weighted by Crippen LogP contribution is -2.74. The topological polar surface area (TPSA) is 203 Å². The van der Waals surface area contributed by atoms with Gasteiger partial charge in [-0.3, -0.25) is 19.2 Å². The molecule has 1 saturated carbocycles. The summed E-state index contributed by atoms with van der Waals surface area (Å²) in [4.78, 5) is 55.0. The van der Waals surface area contributed by atoms with Gasteiger partial charge in [0.1, 0.15) is 42.4 Å². The van der Waals surface area contributed by atoms with Gasteiger partial charge in [0.05, 0.1) is 41.0 Å². The van der Waals surface area contributed by atoms with Gasteiger partial charge in [-0.25, -0.2) is 0 Å². The number of carbonyl (C=O) groups excluding carboxylic acids is 4. The summed E-state index contributed by atoms with van der Waals surface area (Å²) in [7, 11) is 0. The molecule has 4 amide bonds. The minimum atomic E-state index is -0.985. The van der Waals surface area contributed by atoms with Crippen molar-refractivity contribution in [1.29, 1.82) is 10.5 Å². The highest BCUT2D eigenvalue weighted by atomic mass is 35.5. The highest BCUT2D eigenvalue weighted by Crippen LogP contribution is 2.55. The number of nitrogens with one attached hydrogen (secondary N) is 3. The predicted octanol–water partition coefficient (Wildman–Crippen LogP) is 6.24. The Balaban J connectivity index is 1.02. The lowest BCUT2D eigenvalue weighted by molar-refractivity contribution is -0.164. The third-order valence-corrected chi connectivity index (χ3v) is 12.2. The molecule has 1 aliphatic carbocycles. The first-order valence-electron chi connectivity index (χ1n) is 21.2. The summed E-state index contributed by atoms with van der Waals surface area (Å²) in [5.41, 5.74) is 0.637. The fraction of sp³-hybridized carbons (Fsp3) is 0.500. The number of ether oxygens (including phenoxy) is 3. The van der Waals surface area contributed by atoms with Gasteiger partial charge in [0.2, 0.25) is 17.7 Å². The van der Waals surface area contributed by atoms with Crippen molar-refractivity contribution in [2.75, 3.05) is 26.4 Å². The van der Waals surface area contributed by atoms with Crippen molar-refractivity contribution < 1.29 is 38.5 Å². The number of β-amino-alcohol motifs (C(OH)–C–C–N with tert-alkyl or cyclic N) is 1. The number of rotatable bonds is 17. The van der Waals surface area contributed by atoms with E-state index in [2.05, 4.69) is 22.0 Å². The highest BCUT2D eigenvalue weighted by Gasteiger charge is 2.64. The summed E-state index contributed by atoms with van der Waals surface area (Å²) in [5, 5.41) is 38.0. The van der Waals surface area contributed by atoms with E-state index in [1.807, 2.05) is 54.5 Å². The third kappa shape index (κ3) is 11.7. The Labute approximate surface area is 375 Å². The maximum Gasteiger partial charge on any atom is 0.251 e. The molecule has 0 radical (unpaired) electrons. The van der Waals surface area contributed by atoms with Crippen LogP contribution in [0.1, 0.15) is 108 Å². The van der Waals surface area contributed by atoms with Crippen molar-refractivity contribution in [2.45, 2.75) is 111 Å². The summed E-state index contributed by atoms with van der Waals surface area (Å²) in [6.45, 7) is 15.8. The SMILES string of the molecule is C[C@H](NC(=O)[C@@H]1C[C@@H](O)CN1C(=O)C(NC(=O)COCCCCOc1ccc(C(=O)NC2C(C)(C)C(Oc3ccc(C#N)c(Cl)c3)C2(C)C)cc1)C(C)(C)C)c1ccc(C#N)cc1. The van der Waals surface area contributed by atoms with Crippen molar-refractivity contribution in [3.8, 4) is 23.6 Å². The zero-order valence-electron chi connectivity index (χ0n) is 37.3. The molecule has 2 aliphatic rings. The molecule has 4 N–H and O–H groups in total. The van der Waals surface area contributed by atoms with Crippen LogP contribution in [0.4, 0.5) is 0 Å². The summed E-state index contributed by atoms with van der Waals surface area (Å²) in [5.74, 6) is -0.410. The molecule has 5 rings (SSSR count). The summed E-state index contributed by atoms with van der Waals surface area (Å²) >= 11 is 6.22. The van der Waals surface area contributed by atoms with Gasteiger partial charge >= 0.3 is 0 Å². The number of aliphatic hydroxyl groups is 1. The molecule has 63 heavy (non-hydrogen) atoms. The minimum absolute atomic E-state index is 0.0445. The Morgan fingerprint density at radius 1 is 0.905 bits per heavy atom. The van der Waals surface area contributed by atoms with Crippen LogP contribution in [-0.4, -0.2) is 90.3 Å². The predicted molar refractivity (Wildman–Crippen MR) is 237 cm³/mol. The van der Waals surface area contributed by atoms with Crippen LogP contribution in [0.2, 0.25) is 5.02 Å². The second-order valence-corrected chi connectivity index (χ2v) is 19.1. The van der Waals surface area contributed by atoms with E-state index in [9.17, 15) is 29.5 Å². The van der Waals surface area contributed by atoms with Gasteiger partial charge in [-0.1, -0.05) is 72.2 Å². The first kappa shape index (κ1) is 48.4. The monoisotopic (exact) mass is 882 g/mol. The maximum absolute atomic E-state index is 13.9. The van der Waals surface area contributed by atoms with Gasteiger partial charge in [-0.15, -0.1) is 0 Å². The molecule has 2 fully saturated rings. The quantitative estimate of drug-likeness (QED) is 0.112. The number of benzene rings is 3. The molecule has 1 saturated heterocycles. The number of unbranched alkanes of at least 4 members (excludes halogenated alkanes) is 1. The molecule has 15 heteroatoms. The third-order valence-electron chi connectivity index (χ3n) is 11.9. The lowest BCUT2D eigenvalue weighted by Gasteiger charge is -2.63. The lowest BCUT2D eigenvalue weighted by atomic mass is 9.49. The summed E-state index contributed by atoms with van der Waals surface area (Å²) in [6.07, 6.45) is 0.186. The number of amides is 4. The fourth-order valence-electron chi connectivity index (χ4n) is 8.74. The Bertz CT molecular complexity index is 2190. The summed E-state index contributed by atoms with van der Waals surface area (Å²) in [6, 6.07) is 20.4. The van der Waals surface area contributed by atoms with E-state index >= 15 is 0 Å². The summed E-state index contributed by atoms with van der Waals surface area (Å²) < 4.78 is 17.8. The normalized spacial score (nSPS) is 20.8. The Hall–Kier alpha value is -5.67. The van der Waals surface area contributed by atoms with Crippen molar-refractivity contribution in [1.82, 2.24) is 20.9 Å². The van der Waals surface area contributed by atoms with Crippen LogP contribution in [0.15, 0.2) is 66.7 Å². The molecule has 14 nitrogen and oxygen atoms in total. The van der Waals surface area contributed by atoms with Crippen LogP contribution >= 0.6 is 11.6 Å². The van der Waals surface area contributed by atoms with E-state index in [4.69, 9.17) is 31.1 Å².